The molecule has 0 radical (unpaired) electrons. The predicted molar refractivity (Wildman–Crippen MR) is 71.8 cm³/mol. The summed E-state index contributed by atoms with van der Waals surface area (Å²) in [6.07, 6.45) is 0.773. The average molecular weight is 262 g/mol. The molecule has 0 saturated heterocycles. The Labute approximate surface area is 106 Å². The van der Waals surface area contributed by atoms with Crippen molar-refractivity contribution in [3.05, 3.63) is 0 Å². The van der Waals surface area contributed by atoms with Crippen molar-refractivity contribution in [3.63, 3.8) is 0 Å². The molecule has 0 fully saturated rings. The fourth-order valence-corrected chi connectivity index (χ4v) is 2.81. The zero-order valence-electron chi connectivity index (χ0n) is 12.0. The smallest absolute Gasteiger partial charge is 0.150 e. The number of ketones is 1. The van der Waals surface area contributed by atoms with Gasteiger partial charge in [0.1, 0.15) is 5.78 Å². The van der Waals surface area contributed by atoms with E-state index in [4.69, 9.17) is 0 Å². The van der Waals surface area contributed by atoms with Crippen LogP contribution in [0.1, 0.15) is 54.4 Å². The second-order valence-corrected chi connectivity index (χ2v) is 9.19. The fourth-order valence-electron chi connectivity index (χ4n) is 1.19. The zero-order chi connectivity index (χ0) is 13.9. The predicted octanol–water partition coefficient (Wildman–Crippen LogP) is 2.84. The van der Waals surface area contributed by atoms with Crippen LogP contribution >= 0.6 is 0 Å². The Morgan fingerprint density at radius 1 is 0.941 bits per heavy atom. The zero-order valence-corrected chi connectivity index (χ0v) is 12.8. The molecule has 0 aromatic rings. The van der Waals surface area contributed by atoms with E-state index in [-0.39, 0.29) is 29.1 Å². The molecule has 0 aliphatic rings. The molecule has 0 saturated carbocycles. The van der Waals surface area contributed by atoms with Crippen LogP contribution < -0.4 is 0 Å². The number of sulfone groups is 1. The summed E-state index contributed by atoms with van der Waals surface area (Å²) in [6.45, 7) is 11.5. The SMILES string of the molecule is CC(C)(C)CCS(=O)(=O)CCC(=O)C(C)(C)C. The van der Waals surface area contributed by atoms with E-state index in [1.807, 2.05) is 41.5 Å². The summed E-state index contributed by atoms with van der Waals surface area (Å²) in [7, 11) is -3.09. The Bertz CT molecular complexity index is 353. The highest BCUT2D eigenvalue weighted by molar-refractivity contribution is 7.91. The summed E-state index contributed by atoms with van der Waals surface area (Å²) >= 11 is 0. The lowest BCUT2D eigenvalue weighted by molar-refractivity contribution is -0.125. The first-order valence-corrected chi connectivity index (χ1v) is 7.89. The van der Waals surface area contributed by atoms with Crippen LogP contribution in [-0.4, -0.2) is 25.7 Å². The molecule has 0 heterocycles. The van der Waals surface area contributed by atoms with Gasteiger partial charge in [-0.2, -0.15) is 0 Å². The summed E-state index contributed by atoms with van der Waals surface area (Å²) in [6, 6.07) is 0. The maximum Gasteiger partial charge on any atom is 0.150 e. The number of rotatable bonds is 5. The van der Waals surface area contributed by atoms with E-state index in [9.17, 15) is 13.2 Å². The molecular formula is C13H26O3S. The third kappa shape index (κ3) is 8.36. The van der Waals surface area contributed by atoms with E-state index in [1.54, 1.807) is 0 Å². The molecule has 0 aliphatic heterocycles. The minimum Gasteiger partial charge on any atom is -0.299 e. The summed E-state index contributed by atoms with van der Waals surface area (Å²) in [4.78, 5) is 11.6. The highest BCUT2D eigenvalue weighted by atomic mass is 32.2. The van der Waals surface area contributed by atoms with Gasteiger partial charge in [-0.05, 0) is 11.8 Å². The summed E-state index contributed by atoms with van der Waals surface area (Å²) < 4.78 is 23.5. The monoisotopic (exact) mass is 262 g/mol. The first-order chi connectivity index (χ1) is 7.33. The van der Waals surface area contributed by atoms with Crippen LogP contribution in [0.5, 0.6) is 0 Å². The average Bonchev–Trinajstić information content (AvgIpc) is 2.09. The number of hydrogen-bond donors (Lipinski definition) is 0. The minimum atomic E-state index is -3.09. The van der Waals surface area contributed by atoms with Crippen LogP contribution in [0.25, 0.3) is 0 Å². The van der Waals surface area contributed by atoms with E-state index in [0.717, 1.165) is 0 Å². The number of Topliss-reactive ketones (excluding diaryl/α,β-unsaturated/α-hetero) is 1. The van der Waals surface area contributed by atoms with E-state index in [1.165, 1.54) is 0 Å². The molecule has 0 rings (SSSR count). The van der Waals surface area contributed by atoms with Crippen molar-refractivity contribution in [2.24, 2.45) is 10.8 Å². The van der Waals surface area contributed by atoms with Gasteiger partial charge in [0.05, 0.1) is 11.5 Å². The molecule has 0 N–H and O–H groups in total. The molecule has 17 heavy (non-hydrogen) atoms. The lowest BCUT2D eigenvalue weighted by Crippen LogP contribution is -2.24. The number of hydrogen-bond acceptors (Lipinski definition) is 3. The first-order valence-electron chi connectivity index (χ1n) is 6.07. The van der Waals surface area contributed by atoms with Gasteiger partial charge in [-0.3, -0.25) is 4.79 Å². The molecule has 0 unspecified atom stereocenters. The molecule has 0 aromatic heterocycles. The van der Waals surface area contributed by atoms with Crippen LogP contribution in [-0.2, 0) is 14.6 Å². The number of carbonyl (C=O) groups excluding carboxylic acids is 1. The second kappa shape index (κ2) is 5.51. The third-order valence-electron chi connectivity index (χ3n) is 2.64. The normalized spacial score (nSPS) is 13.8. The topological polar surface area (TPSA) is 51.2 Å². The third-order valence-corrected chi connectivity index (χ3v) is 4.29. The van der Waals surface area contributed by atoms with Crippen molar-refractivity contribution >= 4 is 15.6 Å². The molecule has 0 amide bonds. The van der Waals surface area contributed by atoms with Crippen molar-refractivity contribution in [1.82, 2.24) is 0 Å². The van der Waals surface area contributed by atoms with E-state index < -0.39 is 15.3 Å². The highest BCUT2D eigenvalue weighted by Gasteiger charge is 2.24. The van der Waals surface area contributed by atoms with Gasteiger partial charge >= 0.3 is 0 Å². The molecule has 0 bridgehead atoms. The van der Waals surface area contributed by atoms with Crippen LogP contribution in [0.3, 0.4) is 0 Å². The van der Waals surface area contributed by atoms with Crippen LogP contribution in [0.2, 0.25) is 0 Å². The van der Waals surface area contributed by atoms with E-state index >= 15 is 0 Å². The lowest BCUT2D eigenvalue weighted by atomic mass is 9.89. The van der Waals surface area contributed by atoms with Gasteiger partial charge in [0.15, 0.2) is 9.84 Å². The molecule has 0 atom stereocenters. The van der Waals surface area contributed by atoms with Gasteiger partial charge in [0.25, 0.3) is 0 Å². The highest BCUT2D eigenvalue weighted by Crippen LogP contribution is 2.21. The molecular weight excluding hydrogens is 236 g/mol. The van der Waals surface area contributed by atoms with Gasteiger partial charge in [-0.25, -0.2) is 8.42 Å². The standard InChI is InChI=1S/C13H26O3S/c1-12(2,3)8-10-17(15,16)9-7-11(14)13(4,5)6/h7-10H2,1-6H3. The molecule has 102 valence electrons. The van der Waals surface area contributed by atoms with Crippen LogP contribution in [0, 0.1) is 10.8 Å². The van der Waals surface area contributed by atoms with Crippen molar-refractivity contribution in [1.29, 1.82) is 0 Å². The Balaban J connectivity index is 4.26. The second-order valence-electron chi connectivity index (χ2n) is 6.89. The maximum absolute atomic E-state index is 11.8. The summed E-state index contributed by atoms with van der Waals surface area (Å²) in [5.74, 6) is 0.171. The van der Waals surface area contributed by atoms with Gasteiger partial charge in [0.2, 0.25) is 0 Å². The van der Waals surface area contributed by atoms with Gasteiger partial charge in [0, 0.05) is 11.8 Å². The Morgan fingerprint density at radius 3 is 1.76 bits per heavy atom. The van der Waals surface area contributed by atoms with Gasteiger partial charge in [-0.1, -0.05) is 41.5 Å². The van der Waals surface area contributed by atoms with Crippen molar-refractivity contribution in [2.75, 3.05) is 11.5 Å². The van der Waals surface area contributed by atoms with Crippen LogP contribution in [0.15, 0.2) is 0 Å². The minimum absolute atomic E-state index is 0.0110. The summed E-state index contributed by atoms with van der Waals surface area (Å²) in [5.41, 5.74) is -0.430. The molecule has 3 nitrogen and oxygen atoms in total. The van der Waals surface area contributed by atoms with Crippen LogP contribution in [0.4, 0.5) is 0 Å². The van der Waals surface area contributed by atoms with Gasteiger partial charge < -0.3 is 0 Å². The molecule has 4 heteroatoms. The van der Waals surface area contributed by atoms with Crippen molar-refractivity contribution in [2.45, 2.75) is 54.4 Å². The van der Waals surface area contributed by atoms with Crippen molar-refractivity contribution < 1.29 is 13.2 Å². The Morgan fingerprint density at radius 2 is 1.41 bits per heavy atom. The molecule has 0 aliphatic carbocycles. The molecule has 0 aromatic carbocycles. The largest absolute Gasteiger partial charge is 0.299 e. The van der Waals surface area contributed by atoms with Gasteiger partial charge in [-0.15, -0.1) is 0 Å². The first kappa shape index (κ1) is 16.6. The van der Waals surface area contributed by atoms with E-state index in [2.05, 4.69) is 0 Å². The Hall–Kier alpha value is -0.380. The Kier molecular flexibility index (Phi) is 5.38. The van der Waals surface area contributed by atoms with E-state index in [0.29, 0.717) is 6.42 Å². The summed E-state index contributed by atoms with van der Waals surface area (Å²) in [5, 5.41) is 0. The lowest BCUT2D eigenvalue weighted by Gasteiger charge is -2.19. The van der Waals surface area contributed by atoms with Crippen molar-refractivity contribution in [3.8, 4) is 0 Å². The molecule has 0 spiro atoms. The fraction of sp³-hybridized carbons (Fsp3) is 0.923. The number of carbonyl (C=O) groups is 1. The quantitative estimate of drug-likeness (QED) is 0.765. The maximum atomic E-state index is 11.8.